The number of alkyl halides is 1. The van der Waals surface area contributed by atoms with Gasteiger partial charge in [0.2, 0.25) is 0 Å². The van der Waals surface area contributed by atoms with Gasteiger partial charge in [-0.2, -0.15) is 22.3 Å². The summed E-state index contributed by atoms with van der Waals surface area (Å²) in [6, 6.07) is 4.49. The highest BCUT2D eigenvalue weighted by atomic mass is 127. The van der Waals surface area contributed by atoms with Crippen LogP contribution in [-0.2, 0) is 0 Å². The minimum atomic E-state index is 0.138. The van der Waals surface area contributed by atoms with Crippen LogP contribution in [0.1, 0.15) is 47.5 Å². The monoisotopic (exact) mass is 472 g/mol. The minimum absolute atomic E-state index is 0.138. The smallest absolute Gasteiger partial charge is 0.129 e. The fraction of sp³-hybridized carbons (Fsp3) is 0.789. The molecule has 3 rings (SSSR count). The van der Waals surface area contributed by atoms with Crippen LogP contribution in [0.2, 0.25) is 0 Å². The summed E-state index contributed by atoms with van der Waals surface area (Å²) in [6.07, 6.45) is 2.19. The van der Waals surface area contributed by atoms with Crippen LogP contribution in [0, 0.1) is 39.9 Å². The van der Waals surface area contributed by atoms with Gasteiger partial charge in [-0.05, 0) is 42.6 Å². The van der Waals surface area contributed by atoms with Gasteiger partial charge in [0.1, 0.15) is 17.7 Å². The Bertz CT molecular complexity index is 654. The fourth-order valence-electron chi connectivity index (χ4n) is 5.05. The molecule has 3 aliphatic rings. The number of allylic oxidation sites excluding steroid dienone is 2. The molecule has 2 saturated heterocycles. The van der Waals surface area contributed by atoms with Crippen molar-refractivity contribution in [2.75, 3.05) is 5.75 Å². The van der Waals surface area contributed by atoms with Crippen molar-refractivity contribution in [3.8, 4) is 12.1 Å². The van der Waals surface area contributed by atoms with Crippen LogP contribution in [0.15, 0.2) is 11.1 Å². The van der Waals surface area contributed by atoms with Gasteiger partial charge in [0.15, 0.2) is 0 Å². The summed E-state index contributed by atoms with van der Waals surface area (Å²) in [5.74, 6) is 1.88. The third kappa shape index (κ3) is 2.57. The van der Waals surface area contributed by atoms with E-state index in [4.69, 9.17) is 0 Å². The number of hydrogen-bond acceptors (Lipinski definition) is 4. The Hall–Kier alpha value is 0.150. The lowest BCUT2D eigenvalue weighted by Crippen LogP contribution is -2.48. The molecule has 130 valence electrons. The molecule has 2 nitrogen and oxygen atoms in total. The van der Waals surface area contributed by atoms with Crippen LogP contribution >= 0.6 is 46.1 Å². The first-order chi connectivity index (χ1) is 11.1. The molecule has 6 atom stereocenters. The Labute approximate surface area is 168 Å². The van der Waals surface area contributed by atoms with Crippen molar-refractivity contribution < 1.29 is 0 Å². The minimum Gasteiger partial charge on any atom is -0.192 e. The molecule has 0 radical (unpaired) electrons. The molecule has 0 aromatic carbocycles. The van der Waals surface area contributed by atoms with Crippen molar-refractivity contribution >= 4 is 46.1 Å². The van der Waals surface area contributed by atoms with Crippen LogP contribution in [0.3, 0.4) is 0 Å². The lowest BCUT2D eigenvalue weighted by molar-refractivity contribution is 0.200. The highest BCUT2D eigenvalue weighted by molar-refractivity contribution is 14.1. The van der Waals surface area contributed by atoms with Crippen molar-refractivity contribution in [3.63, 3.8) is 0 Å². The molecule has 0 amide bonds. The maximum Gasteiger partial charge on any atom is 0.129 e. The van der Waals surface area contributed by atoms with Crippen LogP contribution < -0.4 is 0 Å². The maximum atomic E-state index is 9.63. The van der Waals surface area contributed by atoms with Crippen LogP contribution in [0.4, 0.5) is 0 Å². The number of nitrogens with zero attached hydrogens (tertiary/aromatic N) is 2. The van der Waals surface area contributed by atoms with Gasteiger partial charge in [-0.3, -0.25) is 0 Å². The Morgan fingerprint density at radius 3 is 2.38 bits per heavy atom. The van der Waals surface area contributed by atoms with Gasteiger partial charge in [0.05, 0.1) is 0 Å². The average molecular weight is 472 g/mol. The molecule has 0 spiro atoms. The first-order valence-electron chi connectivity index (χ1n) is 8.60. The van der Waals surface area contributed by atoms with Gasteiger partial charge >= 0.3 is 0 Å². The molecule has 0 bridgehead atoms. The van der Waals surface area contributed by atoms with E-state index in [1.807, 2.05) is 0 Å². The molecule has 24 heavy (non-hydrogen) atoms. The zero-order valence-corrected chi connectivity index (χ0v) is 18.8. The Morgan fingerprint density at radius 2 is 1.83 bits per heavy atom. The van der Waals surface area contributed by atoms with E-state index >= 15 is 0 Å². The first kappa shape index (κ1) is 18.9. The van der Waals surface area contributed by atoms with E-state index < -0.39 is 0 Å². The largest absolute Gasteiger partial charge is 0.192 e. The molecule has 1 saturated carbocycles. The molecular formula is C19H25IN2S2. The summed E-state index contributed by atoms with van der Waals surface area (Å²) in [7, 11) is 0. The predicted molar refractivity (Wildman–Crippen MR) is 112 cm³/mol. The fourth-order valence-corrected chi connectivity index (χ4v) is 9.33. The molecule has 2 aliphatic heterocycles. The Morgan fingerprint density at radius 1 is 1.21 bits per heavy atom. The van der Waals surface area contributed by atoms with Crippen molar-refractivity contribution in [2.24, 2.45) is 17.3 Å². The molecule has 0 N–H and O–H groups in total. The summed E-state index contributed by atoms with van der Waals surface area (Å²) in [4.78, 5) is 0. The zero-order chi connectivity index (χ0) is 17.9. The zero-order valence-electron chi connectivity index (χ0n) is 15.0. The average Bonchev–Trinajstić information content (AvgIpc) is 2.93. The van der Waals surface area contributed by atoms with Gasteiger partial charge in [-0.15, -0.1) is 11.8 Å². The third-order valence-electron chi connectivity index (χ3n) is 6.67. The molecule has 2 heterocycles. The van der Waals surface area contributed by atoms with E-state index in [0.29, 0.717) is 26.6 Å². The van der Waals surface area contributed by atoms with E-state index in [0.717, 1.165) is 18.6 Å². The van der Waals surface area contributed by atoms with Crippen molar-refractivity contribution in [1.82, 2.24) is 0 Å². The van der Waals surface area contributed by atoms with Gasteiger partial charge < -0.3 is 0 Å². The molecule has 3 fully saturated rings. The van der Waals surface area contributed by atoms with E-state index in [9.17, 15) is 10.5 Å². The van der Waals surface area contributed by atoms with Gasteiger partial charge in [0.25, 0.3) is 0 Å². The predicted octanol–water partition coefficient (Wildman–Crippen LogP) is 5.59. The topological polar surface area (TPSA) is 47.6 Å². The standard InChI is InChI=1S/C19H25IN2S2/c1-11(20)15-6-13-16(12(8-21)9-22)14-7-17(2,3)23-10-18(14,4)19(13,5)24-15/h11,13-15H,6-7,10H2,1-5H3. The van der Waals surface area contributed by atoms with E-state index in [-0.39, 0.29) is 14.9 Å². The second kappa shape index (κ2) is 6.10. The Kier molecular flexibility index (Phi) is 4.81. The summed E-state index contributed by atoms with van der Waals surface area (Å²) in [6.45, 7) is 11.8. The Balaban J connectivity index is 2.17. The number of fused-ring (bicyclic) bond motifs is 3. The van der Waals surface area contributed by atoms with Crippen LogP contribution in [-0.4, -0.2) is 24.4 Å². The van der Waals surface area contributed by atoms with Gasteiger partial charge in [0, 0.05) is 24.4 Å². The van der Waals surface area contributed by atoms with Gasteiger partial charge in [-0.1, -0.05) is 50.3 Å². The normalized spacial score (nSPS) is 44.2. The number of hydrogen-bond donors (Lipinski definition) is 0. The summed E-state index contributed by atoms with van der Waals surface area (Å²) in [5, 5.41) is 19.9. The second-order valence-corrected chi connectivity index (χ2v) is 13.8. The second-order valence-electron chi connectivity index (χ2n) is 8.51. The van der Waals surface area contributed by atoms with E-state index in [1.165, 1.54) is 5.57 Å². The molecule has 6 unspecified atom stereocenters. The summed E-state index contributed by atoms with van der Waals surface area (Å²) < 4.78 is 0.972. The number of nitriles is 2. The lowest BCUT2D eigenvalue weighted by Gasteiger charge is -2.50. The molecule has 0 aromatic rings. The summed E-state index contributed by atoms with van der Waals surface area (Å²) >= 11 is 6.76. The highest BCUT2D eigenvalue weighted by Crippen LogP contribution is 2.73. The summed E-state index contributed by atoms with van der Waals surface area (Å²) in [5.41, 5.74) is 1.77. The first-order valence-corrected chi connectivity index (χ1v) is 11.7. The van der Waals surface area contributed by atoms with E-state index in [1.54, 1.807) is 0 Å². The highest BCUT2D eigenvalue weighted by Gasteiger charge is 2.68. The molecular weight excluding hydrogens is 447 g/mol. The third-order valence-corrected chi connectivity index (χ3v) is 11.9. The molecule has 5 heteroatoms. The van der Waals surface area contributed by atoms with Crippen molar-refractivity contribution in [2.45, 2.75) is 66.1 Å². The molecule has 1 aliphatic carbocycles. The van der Waals surface area contributed by atoms with Gasteiger partial charge in [-0.25, -0.2) is 0 Å². The quantitative estimate of drug-likeness (QED) is 0.284. The van der Waals surface area contributed by atoms with E-state index in [2.05, 4.69) is 92.9 Å². The van der Waals surface area contributed by atoms with Crippen molar-refractivity contribution in [3.05, 3.63) is 11.1 Å². The van der Waals surface area contributed by atoms with Crippen LogP contribution in [0.25, 0.3) is 0 Å². The van der Waals surface area contributed by atoms with Crippen molar-refractivity contribution in [1.29, 1.82) is 10.5 Å². The molecule has 0 aromatic heterocycles. The number of halogens is 1. The number of thioether (sulfide) groups is 2. The lowest BCUT2D eigenvalue weighted by atomic mass is 9.70. The SMILES string of the molecule is CC(I)C1CC2C(=C(C#N)C#N)C3CC(C)(C)SCC3(C)C2(C)S1. The van der Waals surface area contributed by atoms with Crippen LogP contribution in [0.5, 0.6) is 0 Å². The maximum absolute atomic E-state index is 9.63. The number of rotatable bonds is 1.